The highest BCUT2D eigenvalue weighted by Crippen LogP contribution is 2.60. The maximum atomic E-state index is 12.8. The molecular formula is C36H41N3O5. The Morgan fingerprint density at radius 2 is 1.59 bits per heavy atom. The van der Waals surface area contributed by atoms with Crippen molar-refractivity contribution in [3.05, 3.63) is 82.9 Å². The molecule has 4 fully saturated rings. The number of rotatable bonds is 11. The van der Waals surface area contributed by atoms with Gasteiger partial charge in [-0.1, -0.05) is 18.2 Å². The third-order valence-electron chi connectivity index (χ3n) is 9.43. The molecule has 4 saturated carbocycles. The van der Waals surface area contributed by atoms with Crippen LogP contribution in [0.15, 0.2) is 65.8 Å². The number of benzene rings is 3. The van der Waals surface area contributed by atoms with Crippen LogP contribution in [0.3, 0.4) is 0 Å². The maximum Gasteiger partial charge on any atom is 0.275 e. The van der Waals surface area contributed by atoms with Gasteiger partial charge in [0.15, 0.2) is 18.1 Å². The van der Waals surface area contributed by atoms with Gasteiger partial charge in [-0.2, -0.15) is 5.10 Å². The van der Waals surface area contributed by atoms with E-state index in [0.717, 1.165) is 29.0 Å². The lowest BCUT2D eigenvalue weighted by Gasteiger charge is -2.57. The van der Waals surface area contributed by atoms with Crippen LogP contribution >= 0.6 is 0 Å². The van der Waals surface area contributed by atoms with Gasteiger partial charge in [0.05, 0.1) is 25.5 Å². The summed E-state index contributed by atoms with van der Waals surface area (Å²) in [6.45, 7) is 4.07. The summed E-state index contributed by atoms with van der Waals surface area (Å²) in [4.78, 5) is 25.4. The minimum Gasteiger partial charge on any atom is -0.496 e. The highest BCUT2D eigenvalue weighted by molar-refractivity contribution is 5.97. The molecule has 230 valence electrons. The Labute approximate surface area is 259 Å². The van der Waals surface area contributed by atoms with E-state index in [9.17, 15) is 9.59 Å². The second-order valence-corrected chi connectivity index (χ2v) is 12.7. The Bertz CT molecular complexity index is 1510. The zero-order chi connectivity index (χ0) is 30.7. The van der Waals surface area contributed by atoms with Crippen LogP contribution in [-0.4, -0.2) is 38.4 Å². The number of aryl methyl sites for hydroxylation is 1. The number of anilines is 1. The van der Waals surface area contributed by atoms with E-state index < -0.39 is 0 Å². The van der Waals surface area contributed by atoms with Crippen LogP contribution in [0.2, 0.25) is 0 Å². The third-order valence-corrected chi connectivity index (χ3v) is 9.43. The predicted molar refractivity (Wildman–Crippen MR) is 171 cm³/mol. The van der Waals surface area contributed by atoms with Crippen molar-refractivity contribution in [2.75, 3.05) is 25.6 Å². The summed E-state index contributed by atoms with van der Waals surface area (Å²) in [7, 11) is 1.52. The van der Waals surface area contributed by atoms with Crippen LogP contribution in [-0.2, 0) is 10.2 Å². The molecule has 0 radical (unpaired) electrons. The number of hydrogen-bond donors (Lipinski definition) is 2. The molecule has 0 aromatic heterocycles. The van der Waals surface area contributed by atoms with Crippen molar-refractivity contribution >= 4 is 23.7 Å². The van der Waals surface area contributed by atoms with Crippen molar-refractivity contribution < 1.29 is 23.8 Å². The van der Waals surface area contributed by atoms with Crippen molar-refractivity contribution in [2.45, 2.75) is 57.8 Å². The molecular weight excluding hydrogens is 554 g/mol. The number of nitrogens with zero attached hydrogens (tertiary/aromatic N) is 1. The average molecular weight is 596 g/mol. The van der Waals surface area contributed by atoms with Crippen molar-refractivity contribution in [3.8, 4) is 17.2 Å². The Morgan fingerprint density at radius 3 is 2.25 bits per heavy atom. The van der Waals surface area contributed by atoms with Crippen LogP contribution < -0.4 is 25.0 Å². The molecule has 8 heteroatoms. The minimum atomic E-state index is -0.378. The molecule has 4 aliphatic carbocycles. The van der Waals surface area contributed by atoms with Gasteiger partial charge in [0, 0.05) is 5.69 Å². The molecule has 7 rings (SSSR count). The van der Waals surface area contributed by atoms with Gasteiger partial charge in [0.25, 0.3) is 11.8 Å². The molecule has 0 atom stereocenters. The van der Waals surface area contributed by atoms with E-state index >= 15 is 0 Å². The number of carbonyl (C=O) groups is 2. The summed E-state index contributed by atoms with van der Waals surface area (Å²) in [5.74, 6) is 3.49. The number of nitrogens with one attached hydrogen (secondary N) is 2. The first-order chi connectivity index (χ1) is 21.3. The first-order valence-corrected chi connectivity index (χ1v) is 15.6. The van der Waals surface area contributed by atoms with Gasteiger partial charge in [-0.25, -0.2) is 5.43 Å². The van der Waals surface area contributed by atoms with Gasteiger partial charge >= 0.3 is 0 Å². The van der Waals surface area contributed by atoms with E-state index in [4.69, 9.17) is 14.2 Å². The molecule has 4 bridgehead atoms. The largest absolute Gasteiger partial charge is 0.496 e. The first kappa shape index (κ1) is 29.7. The normalized spacial score (nSPS) is 23.4. The zero-order valence-electron chi connectivity index (χ0n) is 25.7. The quantitative estimate of drug-likeness (QED) is 0.191. The fraction of sp³-hybridized carbons (Fsp3) is 0.417. The zero-order valence-corrected chi connectivity index (χ0v) is 25.7. The lowest BCUT2D eigenvalue weighted by molar-refractivity contribution is -0.118. The van der Waals surface area contributed by atoms with Crippen LogP contribution in [0.5, 0.6) is 17.2 Å². The highest BCUT2D eigenvalue weighted by Gasteiger charge is 2.51. The molecule has 44 heavy (non-hydrogen) atoms. The molecule has 0 heterocycles. The van der Waals surface area contributed by atoms with E-state index in [2.05, 4.69) is 28.0 Å². The average Bonchev–Trinajstić information content (AvgIpc) is 3.00. The summed E-state index contributed by atoms with van der Waals surface area (Å²) in [6, 6.07) is 19.1. The van der Waals surface area contributed by atoms with E-state index in [1.807, 2.05) is 32.0 Å². The van der Waals surface area contributed by atoms with Gasteiger partial charge in [-0.15, -0.1) is 0 Å². The molecule has 2 N–H and O–H groups in total. The third kappa shape index (κ3) is 6.44. The predicted octanol–water partition coefficient (Wildman–Crippen LogP) is 6.65. The number of ether oxygens (including phenoxy) is 3. The molecule has 0 saturated heterocycles. The van der Waals surface area contributed by atoms with Crippen molar-refractivity contribution in [2.24, 2.45) is 22.9 Å². The van der Waals surface area contributed by atoms with Crippen LogP contribution in [0.4, 0.5) is 5.69 Å². The summed E-state index contributed by atoms with van der Waals surface area (Å²) in [5, 5.41) is 7.05. The number of carbonyl (C=O) groups excluding carboxylic acids is 2. The molecule has 2 amide bonds. The summed E-state index contributed by atoms with van der Waals surface area (Å²) in [6.07, 6.45) is 9.77. The van der Waals surface area contributed by atoms with Crippen molar-refractivity contribution in [1.29, 1.82) is 0 Å². The van der Waals surface area contributed by atoms with E-state index in [-0.39, 0.29) is 18.4 Å². The van der Waals surface area contributed by atoms with Crippen LogP contribution in [0, 0.1) is 24.7 Å². The van der Waals surface area contributed by atoms with Gasteiger partial charge in [-0.3, -0.25) is 9.59 Å². The van der Waals surface area contributed by atoms with Crippen LogP contribution in [0.25, 0.3) is 0 Å². The Kier molecular flexibility index (Phi) is 8.60. The standard InChI is InChI=1S/C36H41N3O5/c1-4-43-33-17-24(21-37-39-35(41)30-11-5-23(2)13-32(30)42-3)6-12-31(33)44-22-34(40)38-29-9-7-28(8-10-29)36-18-25-14-26(19-36)16-27(15-25)20-36/h5-13,17,21,25-27H,4,14-16,18-20,22H2,1-3H3,(H,38,40)(H,39,41)/b37-21-. The smallest absolute Gasteiger partial charge is 0.275 e. The van der Waals surface area contributed by atoms with Crippen molar-refractivity contribution in [3.63, 3.8) is 0 Å². The van der Waals surface area contributed by atoms with Gasteiger partial charge in [-0.05, 0) is 135 Å². The van der Waals surface area contributed by atoms with E-state index in [1.54, 1.807) is 30.3 Å². The number of amides is 2. The molecule has 0 unspecified atom stereocenters. The topological polar surface area (TPSA) is 98.2 Å². The molecule has 3 aromatic rings. The Morgan fingerprint density at radius 1 is 0.886 bits per heavy atom. The molecule has 0 aliphatic heterocycles. The van der Waals surface area contributed by atoms with Gasteiger partial charge in [0.2, 0.25) is 0 Å². The lowest BCUT2D eigenvalue weighted by atomic mass is 9.48. The summed E-state index contributed by atoms with van der Waals surface area (Å²) < 4.78 is 16.9. The molecule has 3 aromatic carbocycles. The SMILES string of the molecule is CCOc1cc(/C=N\NC(=O)c2ccc(C)cc2OC)ccc1OCC(=O)Nc1ccc(C23CC4CC(CC(C4)C2)C3)cc1. The first-order valence-electron chi connectivity index (χ1n) is 15.6. The number of hydrogen-bond acceptors (Lipinski definition) is 6. The number of hydrazone groups is 1. The summed E-state index contributed by atoms with van der Waals surface area (Å²) in [5.41, 5.74) is 7.16. The summed E-state index contributed by atoms with van der Waals surface area (Å²) >= 11 is 0. The fourth-order valence-corrected chi connectivity index (χ4v) is 7.92. The minimum absolute atomic E-state index is 0.154. The highest BCUT2D eigenvalue weighted by atomic mass is 16.5. The maximum absolute atomic E-state index is 12.8. The molecule has 8 nitrogen and oxygen atoms in total. The number of methoxy groups -OCH3 is 1. The fourth-order valence-electron chi connectivity index (χ4n) is 7.92. The molecule has 0 spiro atoms. The van der Waals surface area contributed by atoms with Gasteiger partial charge < -0.3 is 19.5 Å². The Balaban J connectivity index is 1.03. The second-order valence-electron chi connectivity index (χ2n) is 12.7. The van der Waals surface area contributed by atoms with Crippen molar-refractivity contribution in [1.82, 2.24) is 5.43 Å². The lowest BCUT2D eigenvalue weighted by Crippen LogP contribution is -2.48. The van der Waals surface area contributed by atoms with Crippen LogP contribution in [0.1, 0.15) is 72.5 Å². The molecule has 4 aliphatic rings. The van der Waals surface area contributed by atoms with E-state index in [1.165, 1.54) is 57.4 Å². The van der Waals surface area contributed by atoms with Gasteiger partial charge in [0.1, 0.15) is 5.75 Å². The Hall–Kier alpha value is -4.33. The monoisotopic (exact) mass is 595 g/mol. The van der Waals surface area contributed by atoms with E-state index in [0.29, 0.717) is 40.4 Å². The second kappa shape index (κ2) is 12.7.